The van der Waals surface area contributed by atoms with E-state index in [2.05, 4.69) is 10.3 Å². The molecule has 1 fully saturated rings. The van der Waals surface area contributed by atoms with E-state index in [0.717, 1.165) is 23.8 Å². The molecule has 2 N–H and O–H groups in total. The van der Waals surface area contributed by atoms with Crippen LogP contribution in [0.5, 0.6) is 0 Å². The summed E-state index contributed by atoms with van der Waals surface area (Å²) in [5, 5.41) is 2.96. The van der Waals surface area contributed by atoms with E-state index >= 15 is 0 Å². The van der Waals surface area contributed by atoms with Crippen molar-refractivity contribution < 1.29 is 9.53 Å². The molecule has 7 heteroatoms. The molecule has 1 amide bonds. The highest BCUT2D eigenvalue weighted by atomic mass is 16.5. The monoisotopic (exact) mass is 295 g/mol. The second-order valence-electron chi connectivity index (χ2n) is 5.48. The van der Waals surface area contributed by atoms with Crippen molar-refractivity contribution in [3.05, 3.63) is 32.6 Å². The Morgan fingerprint density at radius 1 is 1.48 bits per heavy atom. The van der Waals surface area contributed by atoms with E-state index < -0.39 is 11.2 Å². The lowest BCUT2D eigenvalue weighted by Crippen LogP contribution is -2.41. The van der Waals surface area contributed by atoms with Crippen LogP contribution in [0.25, 0.3) is 0 Å². The van der Waals surface area contributed by atoms with E-state index in [9.17, 15) is 14.4 Å². The van der Waals surface area contributed by atoms with Gasteiger partial charge in [-0.05, 0) is 12.8 Å². The molecule has 1 aromatic heterocycles. The predicted molar refractivity (Wildman–Crippen MR) is 77.2 cm³/mol. The zero-order valence-electron chi connectivity index (χ0n) is 12.3. The molecule has 0 spiro atoms. The third-order valence-electron chi connectivity index (χ3n) is 3.99. The first-order chi connectivity index (χ1) is 10.0. The Bertz CT molecular complexity index is 619. The standard InChI is InChI=1S/C14H21N3O4/c1-17-13(19)10(7-15-14(17)20)6-12(18)16-11-5-3-4-9(11)8-21-2/h7,9,11H,3-6,8H2,1-2H3,(H,15,20)(H,16,18)/t9-,11-/m1/s1. The highest BCUT2D eigenvalue weighted by Crippen LogP contribution is 2.25. The Morgan fingerprint density at radius 2 is 2.24 bits per heavy atom. The van der Waals surface area contributed by atoms with Crippen LogP contribution in [0.15, 0.2) is 15.8 Å². The van der Waals surface area contributed by atoms with Crippen molar-refractivity contribution in [2.45, 2.75) is 31.7 Å². The van der Waals surface area contributed by atoms with Gasteiger partial charge < -0.3 is 15.0 Å². The third kappa shape index (κ3) is 3.60. The molecule has 0 unspecified atom stereocenters. The fourth-order valence-corrected chi connectivity index (χ4v) is 2.81. The Labute approximate surface area is 122 Å². The van der Waals surface area contributed by atoms with Crippen molar-refractivity contribution in [1.29, 1.82) is 0 Å². The number of methoxy groups -OCH3 is 1. The van der Waals surface area contributed by atoms with Crippen molar-refractivity contribution in [3.63, 3.8) is 0 Å². The second-order valence-corrected chi connectivity index (χ2v) is 5.48. The van der Waals surface area contributed by atoms with Crippen LogP contribution in [0, 0.1) is 5.92 Å². The molecule has 0 aromatic carbocycles. The molecule has 1 aliphatic carbocycles. The summed E-state index contributed by atoms with van der Waals surface area (Å²) >= 11 is 0. The average Bonchev–Trinajstić information content (AvgIpc) is 2.87. The number of aromatic nitrogens is 2. The highest BCUT2D eigenvalue weighted by Gasteiger charge is 2.28. The summed E-state index contributed by atoms with van der Waals surface area (Å²) in [6.45, 7) is 0.630. The molecule has 2 rings (SSSR count). The highest BCUT2D eigenvalue weighted by molar-refractivity contribution is 5.78. The largest absolute Gasteiger partial charge is 0.384 e. The zero-order chi connectivity index (χ0) is 15.4. The first-order valence-electron chi connectivity index (χ1n) is 7.08. The van der Waals surface area contributed by atoms with Crippen molar-refractivity contribution >= 4 is 5.91 Å². The van der Waals surface area contributed by atoms with Crippen molar-refractivity contribution in [1.82, 2.24) is 14.9 Å². The molecular formula is C14H21N3O4. The quantitative estimate of drug-likeness (QED) is 0.769. The molecule has 1 aliphatic rings. The van der Waals surface area contributed by atoms with Crippen LogP contribution in [0.4, 0.5) is 0 Å². The number of hydrogen-bond donors (Lipinski definition) is 2. The fraction of sp³-hybridized carbons (Fsp3) is 0.643. The predicted octanol–water partition coefficient (Wildman–Crippen LogP) is -0.453. The van der Waals surface area contributed by atoms with Crippen molar-refractivity contribution in [2.24, 2.45) is 13.0 Å². The van der Waals surface area contributed by atoms with Gasteiger partial charge in [-0.2, -0.15) is 0 Å². The van der Waals surface area contributed by atoms with Gasteiger partial charge in [0.15, 0.2) is 0 Å². The summed E-state index contributed by atoms with van der Waals surface area (Å²) in [5.74, 6) is 0.129. The Balaban J connectivity index is 2.01. The Kier molecular flexibility index (Phi) is 4.95. The number of rotatable bonds is 5. The Hall–Kier alpha value is -1.89. The van der Waals surface area contributed by atoms with Gasteiger partial charge in [0.25, 0.3) is 5.56 Å². The summed E-state index contributed by atoms with van der Waals surface area (Å²) in [7, 11) is 3.04. The van der Waals surface area contributed by atoms with Crippen molar-refractivity contribution in [2.75, 3.05) is 13.7 Å². The van der Waals surface area contributed by atoms with Gasteiger partial charge in [0.2, 0.25) is 5.91 Å². The average molecular weight is 295 g/mol. The number of nitrogens with one attached hydrogen (secondary N) is 2. The van der Waals surface area contributed by atoms with E-state index in [1.165, 1.54) is 13.2 Å². The fourth-order valence-electron chi connectivity index (χ4n) is 2.81. The van der Waals surface area contributed by atoms with Gasteiger partial charge >= 0.3 is 5.69 Å². The number of hydrogen-bond acceptors (Lipinski definition) is 4. The molecule has 7 nitrogen and oxygen atoms in total. The van der Waals surface area contributed by atoms with Gasteiger partial charge in [-0.25, -0.2) is 4.79 Å². The molecule has 116 valence electrons. The zero-order valence-corrected chi connectivity index (χ0v) is 12.3. The maximum atomic E-state index is 12.1. The molecule has 1 saturated carbocycles. The smallest absolute Gasteiger partial charge is 0.328 e. The molecular weight excluding hydrogens is 274 g/mol. The molecule has 0 bridgehead atoms. The summed E-state index contributed by atoms with van der Waals surface area (Å²) in [4.78, 5) is 37.7. The van der Waals surface area contributed by atoms with Crippen molar-refractivity contribution in [3.8, 4) is 0 Å². The minimum Gasteiger partial charge on any atom is -0.384 e. The number of aromatic amines is 1. The van der Waals surface area contributed by atoms with Crippen LogP contribution in [-0.2, 0) is 23.0 Å². The first-order valence-corrected chi connectivity index (χ1v) is 7.08. The van der Waals surface area contributed by atoms with Crippen LogP contribution in [0.2, 0.25) is 0 Å². The van der Waals surface area contributed by atoms with Crippen LogP contribution >= 0.6 is 0 Å². The molecule has 0 radical (unpaired) electrons. The van der Waals surface area contributed by atoms with E-state index in [4.69, 9.17) is 4.74 Å². The number of amides is 1. The minimum absolute atomic E-state index is 0.0281. The van der Waals surface area contributed by atoms with E-state index in [0.29, 0.717) is 12.5 Å². The molecule has 0 aliphatic heterocycles. The van der Waals surface area contributed by atoms with E-state index in [-0.39, 0.29) is 23.9 Å². The molecule has 0 saturated heterocycles. The minimum atomic E-state index is -0.486. The molecule has 2 atom stereocenters. The second kappa shape index (κ2) is 6.71. The summed E-state index contributed by atoms with van der Waals surface area (Å²) in [6.07, 6.45) is 4.33. The summed E-state index contributed by atoms with van der Waals surface area (Å²) in [6, 6.07) is 0.101. The van der Waals surface area contributed by atoms with Gasteiger partial charge in [-0.15, -0.1) is 0 Å². The Morgan fingerprint density at radius 3 is 2.95 bits per heavy atom. The maximum Gasteiger partial charge on any atom is 0.328 e. The van der Waals surface area contributed by atoms with Gasteiger partial charge in [0.05, 0.1) is 13.0 Å². The number of H-pyrrole nitrogens is 1. The third-order valence-corrected chi connectivity index (χ3v) is 3.99. The lowest BCUT2D eigenvalue weighted by molar-refractivity contribution is -0.121. The molecule has 1 heterocycles. The number of ether oxygens (including phenoxy) is 1. The van der Waals surface area contributed by atoms with Crippen LogP contribution < -0.4 is 16.6 Å². The van der Waals surface area contributed by atoms with Gasteiger partial charge in [-0.1, -0.05) is 6.42 Å². The summed E-state index contributed by atoms with van der Waals surface area (Å²) < 4.78 is 6.12. The molecule has 1 aromatic rings. The lowest BCUT2D eigenvalue weighted by Gasteiger charge is -2.20. The van der Waals surface area contributed by atoms with Gasteiger partial charge in [-0.3, -0.25) is 14.2 Å². The summed E-state index contributed by atoms with van der Waals surface area (Å²) in [5.41, 5.74) is -0.634. The normalized spacial score (nSPS) is 21.4. The van der Waals surface area contributed by atoms with E-state index in [1.54, 1.807) is 7.11 Å². The van der Waals surface area contributed by atoms with Gasteiger partial charge in [0.1, 0.15) is 0 Å². The van der Waals surface area contributed by atoms with Gasteiger partial charge in [0, 0.05) is 37.9 Å². The topological polar surface area (TPSA) is 93.2 Å². The van der Waals surface area contributed by atoms with Crippen LogP contribution in [-0.4, -0.2) is 35.2 Å². The SMILES string of the molecule is COC[C@H]1CCC[C@H]1NC(=O)Cc1c[nH]c(=O)n(C)c1=O. The number of carbonyl (C=O) groups excluding carboxylic acids is 1. The lowest BCUT2D eigenvalue weighted by atomic mass is 10.0. The number of nitrogens with zero attached hydrogens (tertiary/aromatic N) is 1. The van der Waals surface area contributed by atoms with Crippen LogP contribution in [0.3, 0.4) is 0 Å². The number of carbonyl (C=O) groups is 1. The first kappa shape index (κ1) is 15.5. The maximum absolute atomic E-state index is 12.1. The van der Waals surface area contributed by atoms with E-state index in [1.807, 2.05) is 0 Å². The van der Waals surface area contributed by atoms with Crippen LogP contribution in [0.1, 0.15) is 24.8 Å². The molecule has 21 heavy (non-hydrogen) atoms.